The molecule has 29 heavy (non-hydrogen) atoms. The first kappa shape index (κ1) is 22.3. The molecule has 0 aliphatic rings. The van der Waals surface area contributed by atoms with Gasteiger partial charge in [-0.15, -0.1) is 0 Å². The standard InChI is InChI=1S/C23H26O6/c1-15-5-10-18(11-6-15)21(25)23(28-3,29-4)19-12-7-17(8-13-19)9-14-20(16(2)24)22(26)27/h5-8,10-13,20,24H,2,9,14H2,1,3-4H3,(H,26,27). The topological polar surface area (TPSA) is 93.1 Å². The summed E-state index contributed by atoms with van der Waals surface area (Å²) in [6.07, 6.45) is 0.641. The van der Waals surface area contributed by atoms with Crippen LogP contribution < -0.4 is 0 Å². The van der Waals surface area contributed by atoms with Crippen molar-refractivity contribution < 1.29 is 29.3 Å². The van der Waals surface area contributed by atoms with Crippen molar-refractivity contribution in [2.75, 3.05) is 14.2 Å². The van der Waals surface area contributed by atoms with Crippen molar-refractivity contribution in [1.29, 1.82) is 0 Å². The molecule has 0 aromatic heterocycles. The number of methoxy groups -OCH3 is 2. The molecule has 0 heterocycles. The van der Waals surface area contributed by atoms with E-state index in [0.29, 0.717) is 17.5 Å². The van der Waals surface area contributed by atoms with E-state index in [1.807, 2.05) is 19.1 Å². The molecule has 2 aromatic carbocycles. The predicted molar refractivity (Wildman–Crippen MR) is 109 cm³/mol. The number of carboxylic acids is 1. The van der Waals surface area contributed by atoms with Gasteiger partial charge in [0.25, 0.3) is 5.79 Å². The molecule has 0 spiro atoms. The van der Waals surface area contributed by atoms with Crippen LogP contribution in [0.4, 0.5) is 0 Å². The van der Waals surface area contributed by atoms with Crippen molar-refractivity contribution >= 4 is 11.8 Å². The van der Waals surface area contributed by atoms with Crippen molar-refractivity contribution in [1.82, 2.24) is 0 Å². The van der Waals surface area contributed by atoms with E-state index in [1.54, 1.807) is 36.4 Å². The molecule has 0 saturated carbocycles. The molecule has 0 saturated heterocycles. The highest BCUT2D eigenvalue weighted by molar-refractivity contribution is 6.02. The number of ether oxygens (including phenoxy) is 2. The van der Waals surface area contributed by atoms with Crippen molar-refractivity contribution in [3.8, 4) is 0 Å². The van der Waals surface area contributed by atoms with E-state index in [0.717, 1.165) is 11.1 Å². The number of hydrogen-bond donors (Lipinski definition) is 2. The largest absolute Gasteiger partial charge is 0.512 e. The molecule has 2 rings (SSSR count). The summed E-state index contributed by atoms with van der Waals surface area (Å²) < 4.78 is 11.1. The van der Waals surface area contributed by atoms with Crippen LogP contribution in [0.25, 0.3) is 0 Å². The first-order valence-corrected chi connectivity index (χ1v) is 9.17. The van der Waals surface area contributed by atoms with E-state index in [2.05, 4.69) is 6.58 Å². The smallest absolute Gasteiger partial charge is 0.314 e. The molecule has 0 fully saturated rings. The number of carbonyl (C=O) groups excluding carboxylic acids is 1. The van der Waals surface area contributed by atoms with Gasteiger partial charge in [0.05, 0.1) is 5.76 Å². The highest BCUT2D eigenvalue weighted by atomic mass is 16.7. The number of aliphatic hydroxyl groups is 1. The fourth-order valence-electron chi connectivity index (χ4n) is 3.16. The normalized spacial score (nSPS) is 12.4. The molecule has 1 atom stereocenters. The molecular formula is C23H26O6. The Morgan fingerprint density at radius 3 is 2.00 bits per heavy atom. The molecule has 0 radical (unpaired) electrons. The third-order valence-electron chi connectivity index (χ3n) is 4.94. The summed E-state index contributed by atoms with van der Waals surface area (Å²) in [5.74, 6) is -4.41. The Kier molecular flexibility index (Phi) is 7.31. The van der Waals surface area contributed by atoms with Crippen LogP contribution >= 0.6 is 0 Å². The van der Waals surface area contributed by atoms with Gasteiger partial charge in [0, 0.05) is 25.3 Å². The van der Waals surface area contributed by atoms with Gasteiger partial charge in [-0.1, -0.05) is 60.7 Å². The van der Waals surface area contributed by atoms with Crippen LogP contribution in [-0.4, -0.2) is 36.2 Å². The second kappa shape index (κ2) is 9.49. The first-order valence-electron chi connectivity index (χ1n) is 9.17. The fraction of sp³-hybridized carbons (Fsp3) is 0.304. The lowest BCUT2D eigenvalue weighted by Crippen LogP contribution is -2.40. The number of aliphatic hydroxyl groups excluding tert-OH is 1. The number of Topliss-reactive ketones (excluding diaryl/α,β-unsaturated/α-hetero) is 1. The third kappa shape index (κ3) is 4.91. The summed E-state index contributed by atoms with van der Waals surface area (Å²) in [6.45, 7) is 5.25. The summed E-state index contributed by atoms with van der Waals surface area (Å²) in [6, 6.07) is 14.2. The minimum atomic E-state index is -1.59. The van der Waals surface area contributed by atoms with Crippen molar-refractivity contribution in [2.24, 2.45) is 5.92 Å². The second-order valence-electron chi connectivity index (χ2n) is 6.84. The van der Waals surface area contributed by atoms with Crippen molar-refractivity contribution in [3.63, 3.8) is 0 Å². The number of hydrogen-bond acceptors (Lipinski definition) is 5. The lowest BCUT2D eigenvalue weighted by atomic mass is 9.93. The molecule has 6 nitrogen and oxygen atoms in total. The van der Waals surface area contributed by atoms with E-state index in [1.165, 1.54) is 14.2 Å². The number of carboxylic acid groups (broad SMARTS) is 1. The molecule has 6 heteroatoms. The number of ketones is 1. The maximum absolute atomic E-state index is 13.1. The van der Waals surface area contributed by atoms with Gasteiger partial charge in [-0.25, -0.2) is 0 Å². The SMILES string of the molecule is C=C(O)C(CCc1ccc(C(OC)(OC)C(=O)c2ccc(C)cc2)cc1)C(=O)O. The number of benzene rings is 2. The van der Waals surface area contributed by atoms with E-state index >= 15 is 0 Å². The van der Waals surface area contributed by atoms with Crippen LogP contribution in [0.3, 0.4) is 0 Å². The highest BCUT2D eigenvalue weighted by Crippen LogP contribution is 2.31. The van der Waals surface area contributed by atoms with E-state index in [9.17, 15) is 14.7 Å². The Balaban J connectivity index is 2.25. The molecule has 2 N–H and O–H groups in total. The van der Waals surface area contributed by atoms with Crippen molar-refractivity contribution in [3.05, 3.63) is 83.1 Å². The monoisotopic (exact) mass is 398 g/mol. The Morgan fingerprint density at radius 1 is 1.00 bits per heavy atom. The molecule has 2 aromatic rings. The van der Waals surface area contributed by atoms with Crippen LogP contribution in [-0.2, 0) is 26.5 Å². The number of carbonyl (C=O) groups is 2. The minimum absolute atomic E-state index is 0.214. The molecule has 1 unspecified atom stereocenters. The maximum Gasteiger partial charge on any atom is 0.314 e. The van der Waals surface area contributed by atoms with Crippen LogP contribution in [0.2, 0.25) is 0 Å². The Hall–Kier alpha value is -2.96. The van der Waals surface area contributed by atoms with Gasteiger partial charge in [0.1, 0.15) is 5.92 Å². The number of aliphatic carboxylic acids is 1. The summed E-state index contributed by atoms with van der Waals surface area (Å²) >= 11 is 0. The van der Waals surface area contributed by atoms with Gasteiger partial charge in [-0.3, -0.25) is 9.59 Å². The summed E-state index contributed by atoms with van der Waals surface area (Å²) in [5.41, 5.74) is 2.88. The molecule has 0 bridgehead atoms. The number of rotatable bonds is 10. The van der Waals surface area contributed by atoms with Gasteiger partial charge < -0.3 is 19.7 Å². The molecule has 0 aliphatic carbocycles. The van der Waals surface area contributed by atoms with E-state index < -0.39 is 17.7 Å². The van der Waals surface area contributed by atoms with E-state index in [-0.39, 0.29) is 18.0 Å². The molecule has 154 valence electrons. The van der Waals surface area contributed by atoms with Crippen LogP contribution in [0.1, 0.15) is 33.5 Å². The van der Waals surface area contributed by atoms with Crippen LogP contribution in [0, 0.1) is 12.8 Å². The van der Waals surface area contributed by atoms with Crippen LogP contribution in [0.5, 0.6) is 0 Å². The Morgan fingerprint density at radius 2 is 1.55 bits per heavy atom. The van der Waals surface area contributed by atoms with Gasteiger partial charge in [0.15, 0.2) is 0 Å². The van der Waals surface area contributed by atoms with Crippen LogP contribution in [0.15, 0.2) is 60.9 Å². The van der Waals surface area contributed by atoms with Gasteiger partial charge >= 0.3 is 5.97 Å². The van der Waals surface area contributed by atoms with Crippen molar-refractivity contribution in [2.45, 2.75) is 25.6 Å². The zero-order chi connectivity index (χ0) is 21.6. The zero-order valence-electron chi connectivity index (χ0n) is 16.8. The average molecular weight is 398 g/mol. The molecule has 0 aliphatic heterocycles. The van der Waals surface area contributed by atoms with Gasteiger partial charge in [0.2, 0.25) is 5.78 Å². The third-order valence-corrected chi connectivity index (χ3v) is 4.94. The minimum Gasteiger partial charge on any atom is -0.512 e. The molecular weight excluding hydrogens is 372 g/mol. The Bertz CT molecular complexity index is 849. The average Bonchev–Trinajstić information content (AvgIpc) is 2.70. The summed E-state index contributed by atoms with van der Waals surface area (Å²) in [5, 5.41) is 18.5. The highest BCUT2D eigenvalue weighted by Gasteiger charge is 2.41. The molecule has 0 amide bonds. The quantitative estimate of drug-likeness (QED) is 0.357. The van der Waals surface area contributed by atoms with Gasteiger partial charge in [-0.05, 0) is 25.3 Å². The summed E-state index contributed by atoms with van der Waals surface area (Å²) in [4.78, 5) is 24.3. The summed E-state index contributed by atoms with van der Waals surface area (Å²) in [7, 11) is 2.82. The lowest BCUT2D eigenvalue weighted by molar-refractivity contribution is -0.176. The van der Waals surface area contributed by atoms with E-state index in [4.69, 9.17) is 14.6 Å². The fourth-order valence-corrected chi connectivity index (χ4v) is 3.16. The zero-order valence-corrected chi connectivity index (χ0v) is 16.8. The second-order valence-corrected chi connectivity index (χ2v) is 6.84. The Labute approximate surface area is 170 Å². The number of aryl methyl sites for hydroxylation is 2. The maximum atomic E-state index is 13.1. The predicted octanol–water partition coefficient (Wildman–Crippen LogP) is 4.03. The first-order chi connectivity index (χ1) is 13.7. The lowest BCUT2D eigenvalue weighted by Gasteiger charge is -2.30. The van der Waals surface area contributed by atoms with Gasteiger partial charge in [-0.2, -0.15) is 0 Å².